The minimum absolute atomic E-state index is 0.104. The zero-order valence-electron chi connectivity index (χ0n) is 16.3. The Kier molecular flexibility index (Phi) is 4.19. The lowest BCUT2D eigenvalue weighted by atomic mass is 9.78. The van der Waals surface area contributed by atoms with Crippen LogP contribution in [0.3, 0.4) is 0 Å². The second-order valence-electron chi connectivity index (χ2n) is 7.44. The van der Waals surface area contributed by atoms with Gasteiger partial charge in [0.2, 0.25) is 0 Å². The Labute approximate surface area is 178 Å². The quantitative estimate of drug-likeness (QED) is 0.417. The van der Waals surface area contributed by atoms with Gasteiger partial charge in [-0.1, -0.05) is 54.6 Å². The molecule has 0 saturated carbocycles. The predicted molar refractivity (Wildman–Crippen MR) is 115 cm³/mol. The second-order valence-corrected chi connectivity index (χ2v) is 7.44. The Bertz CT molecular complexity index is 1230. The van der Waals surface area contributed by atoms with E-state index in [1.165, 1.54) is 0 Å². The van der Waals surface area contributed by atoms with Crippen molar-refractivity contribution in [3.63, 3.8) is 0 Å². The first-order valence-corrected chi connectivity index (χ1v) is 9.74. The first kappa shape index (κ1) is 18.8. The molecule has 152 valence electrons. The molecular formula is C26H18O5. The van der Waals surface area contributed by atoms with E-state index in [-0.39, 0.29) is 17.2 Å². The summed E-state index contributed by atoms with van der Waals surface area (Å²) in [6, 6.07) is 25.3. The molecule has 0 aliphatic carbocycles. The molecule has 0 radical (unpaired) electrons. The largest absolute Gasteiger partial charge is 0.508 e. The molecule has 1 heterocycles. The summed E-state index contributed by atoms with van der Waals surface area (Å²) >= 11 is 0. The Balaban J connectivity index is 1.80. The van der Waals surface area contributed by atoms with Crippen LogP contribution in [0.5, 0.6) is 17.2 Å². The number of aromatic hydroxyl groups is 3. The van der Waals surface area contributed by atoms with Crippen molar-refractivity contribution in [3.8, 4) is 28.4 Å². The molecule has 5 rings (SSSR count). The molecule has 0 amide bonds. The second kappa shape index (κ2) is 6.92. The fourth-order valence-corrected chi connectivity index (χ4v) is 4.18. The molecule has 1 aliphatic heterocycles. The fourth-order valence-electron chi connectivity index (χ4n) is 4.18. The molecule has 0 saturated heterocycles. The van der Waals surface area contributed by atoms with Gasteiger partial charge in [-0.3, -0.25) is 0 Å². The molecule has 0 bridgehead atoms. The van der Waals surface area contributed by atoms with Crippen LogP contribution in [-0.4, -0.2) is 21.3 Å². The zero-order valence-corrected chi connectivity index (χ0v) is 16.3. The van der Waals surface area contributed by atoms with Crippen molar-refractivity contribution in [1.29, 1.82) is 0 Å². The van der Waals surface area contributed by atoms with Crippen molar-refractivity contribution in [3.05, 3.63) is 113 Å². The number of benzene rings is 4. The average Bonchev–Trinajstić information content (AvgIpc) is 3.09. The van der Waals surface area contributed by atoms with Crippen molar-refractivity contribution in [2.45, 2.75) is 5.60 Å². The lowest BCUT2D eigenvalue weighted by Gasteiger charge is -2.30. The molecule has 31 heavy (non-hydrogen) atoms. The molecule has 0 aromatic heterocycles. The highest BCUT2D eigenvalue weighted by molar-refractivity contribution is 6.03. The number of carbonyl (C=O) groups excluding carboxylic acids is 1. The summed E-state index contributed by atoms with van der Waals surface area (Å²) in [6.45, 7) is 0. The Hall–Kier alpha value is -4.25. The molecular weight excluding hydrogens is 392 g/mol. The number of carbonyl (C=O) groups is 1. The third-order valence-electron chi connectivity index (χ3n) is 5.62. The highest BCUT2D eigenvalue weighted by Crippen LogP contribution is 2.49. The summed E-state index contributed by atoms with van der Waals surface area (Å²) in [5.41, 5.74) is 2.69. The summed E-state index contributed by atoms with van der Waals surface area (Å²) in [7, 11) is 0. The number of esters is 1. The van der Waals surface area contributed by atoms with Crippen LogP contribution in [0, 0.1) is 0 Å². The molecule has 0 unspecified atom stereocenters. The van der Waals surface area contributed by atoms with E-state index in [1.807, 2.05) is 18.2 Å². The fraction of sp³-hybridized carbons (Fsp3) is 0.0385. The molecule has 0 spiro atoms. The van der Waals surface area contributed by atoms with Crippen LogP contribution in [0.4, 0.5) is 0 Å². The van der Waals surface area contributed by atoms with Crippen LogP contribution in [0.25, 0.3) is 11.1 Å². The maximum atomic E-state index is 13.3. The van der Waals surface area contributed by atoms with Gasteiger partial charge in [0.1, 0.15) is 17.2 Å². The summed E-state index contributed by atoms with van der Waals surface area (Å²) in [5, 5.41) is 29.2. The lowest BCUT2D eigenvalue weighted by Crippen LogP contribution is -2.29. The Morgan fingerprint density at radius 1 is 0.613 bits per heavy atom. The van der Waals surface area contributed by atoms with Crippen LogP contribution in [0.15, 0.2) is 91.0 Å². The van der Waals surface area contributed by atoms with E-state index in [4.69, 9.17) is 4.74 Å². The van der Waals surface area contributed by atoms with E-state index < -0.39 is 11.6 Å². The summed E-state index contributed by atoms with van der Waals surface area (Å²) in [6.07, 6.45) is 0. The van der Waals surface area contributed by atoms with E-state index in [1.54, 1.807) is 72.8 Å². The normalized spacial score (nSPS) is 14.1. The van der Waals surface area contributed by atoms with Gasteiger partial charge in [-0.05, 0) is 47.5 Å². The monoisotopic (exact) mass is 410 g/mol. The number of ether oxygens (including phenoxy) is 1. The molecule has 4 aromatic rings. The van der Waals surface area contributed by atoms with Crippen LogP contribution in [0.1, 0.15) is 27.0 Å². The maximum Gasteiger partial charge on any atom is 0.340 e. The maximum absolute atomic E-state index is 13.3. The first-order chi connectivity index (χ1) is 15.0. The summed E-state index contributed by atoms with van der Waals surface area (Å²) < 4.78 is 6.11. The molecule has 3 N–H and O–H groups in total. The number of cyclic esters (lactones) is 1. The number of phenolic OH excluding ortho intramolecular Hbond substituents is 3. The Morgan fingerprint density at radius 2 is 1.10 bits per heavy atom. The Morgan fingerprint density at radius 3 is 1.61 bits per heavy atom. The van der Waals surface area contributed by atoms with E-state index in [9.17, 15) is 20.1 Å². The van der Waals surface area contributed by atoms with Crippen molar-refractivity contribution < 1.29 is 24.9 Å². The summed E-state index contributed by atoms with van der Waals surface area (Å²) in [4.78, 5) is 13.3. The van der Waals surface area contributed by atoms with Crippen LogP contribution < -0.4 is 0 Å². The van der Waals surface area contributed by atoms with Crippen molar-refractivity contribution in [1.82, 2.24) is 0 Å². The van der Waals surface area contributed by atoms with E-state index in [0.717, 1.165) is 5.56 Å². The van der Waals surface area contributed by atoms with E-state index in [0.29, 0.717) is 27.8 Å². The molecule has 1 aliphatic rings. The van der Waals surface area contributed by atoms with Crippen LogP contribution >= 0.6 is 0 Å². The third kappa shape index (κ3) is 2.90. The molecule has 0 atom stereocenters. The first-order valence-electron chi connectivity index (χ1n) is 9.74. The number of fused-ring (bicyclic) bond motifs is 1. The van der Waals surface area contributed by atoms with E-state index in [2.05, 4.69) is 0 Å². The van der Waals surface area contributed by atoms with Gasteiger partial charge in [0, 0.05) is 16.7 Å². The van der Waals surface area contributed by atoms with Gasteiger partial charge in [0.25, 0.3) is 0 Å². The lowest BCUT2D eigenvalue weighted by molar-refractivity contribution is 0.0252. The molecule has 5 heteroatoms. The number of rotatable bonds is 3. The van der Waals surface area contributed by atoms with Gasteiger partial charge in [0.15, 0.2) is 5.60 Å². The van der Waals surface area contributed by atoms with Gasteiger partial charge in [0.05, 0.1) is 5.56 Å². The van der Waals surface area contributed by atoms with Crippen LogP contribution in [0.2, 0.25) is 0 Å². The minimum atomic E-state index is -1.24. The highest BCUT2D eigenvalue weighted by Gasteiger charge is 2.49. The molecule has 5 nitrogen and oxygen atoms in total. The molecule has 4 aromatic carbocycles. The summed E-state index contributed by atoms with van der Waals surface area (Å²) in [5.74, 6) is -0.125. The average molecular weight is 410 g/mol. The number of hydrogen-bond donors (Lipinski definition) is 3. The highest BCUT2D eigenvalue weighted by atomic mass is 16.6. The standard InChI is InChI=1S/C26H18O5/c27-19-10-4-16(5-11-19)22-2-1-3-23-24(22)25(30)31-26(23,17-6-12-20(28)13-7-17)18-8-14-21(29)15-9-18/h1-15,27-29H. The SMILES string of the molecule is O=C1OC(c2ccc(O)cc2)(c2ccc(O)cc2)c2cccc(-c3ccc(O)cc3)c21. The smallest absolute Gasteiger partial charge is 0.340 e. The van der Waals surface area contributed by atoms with Gasteiger partial charge >= 0.3 is 5.97 Å². The van der Waals surface area contributed by atoms with Gasteiger partial charge in [-0.25, -0.2) is 4.79 Å². The van der Waals surface area contributed by atoms with Crippen molar-refractivity contribution in [2.75, 3.05) is 0 Å². The predicted octanol–water partition coefficient (Wildman–Crippen LogP) is 4.93. The van der Waals surface area contributed by atoms with Crippen molar-refractivity contribution >= 4 is 5.97 Å². The van der Waals surface area contributed by atoms with Gasteiger partial charge < -0.3 is 20.1 Å². The molecule has 0 fully saturated rings. The van der Waals surface area contributed by atoms with Crippen molar-refractivity contribution in [2.24, 2.45) is 0 Å². The number of hydrogen-bond acceptors (Lipinski definition) is 5. The van der Waals surface area contributed by atoms with E-state index >= 15 is 0 Å². The van der Waals surface area contributed by atoms with Gasteiger partial charge in [-0.2, -0.15) is 0 Å². The zero-order chi connectivity index (χ0) is 21.6. The third-order valence-corrected chi connectivity index (χ3v) is 5.62. The van der Waals surface area contributed by atoms with Gasteiger partial charge in [-0.15, -0.1) is 0 Å². The number of phenols is 3. The minimum Gasteiger partial charge on any atom is -0.508 e. The van der Waals surface area contributed by atoms with Crippen LogP contribution in [-0.2, 0) is 10.3 Å². The topological polar surface area (TPSA) is 87.0 Å².